The van der Waals surface area contributed by atoms with Gasteiger partial charge in [0.2, 0.25) is 5.91 Å². The molecule has 1 atom stereocenters. The number of nitrogens with zero attached hydrogens (tertiary/aromatic N) is 6. The Labute approximate surface area is 181 Å². The number of hydrogen-bond donors (Lipinski definition) is 1. The van der Waals surface area contributed by atoms with Crippen molar-refractivity contribution in [2.45, 2.75) is 12.8 Å². The first-order valence-electron chi connectivity index (χ1n) is 9.60. The van der Waals surface area contributed by atoms with E-state index in [0.717, 1.165) is 35.4 Å². The fourth-order valence-corrected chi connectivity index (χ4v) is 4.74. The third-order valence-electron chi connectivity index (χ3n) is 5.07. The molecule has 1 saturated heterocycles. The van der Waals surface area contributed by atoms with Gasteiger partial charge in [-0.25, -0.2) is 19.6 Å². The van der Waals surface area contributed by atoms with E-state index in [1.54, 1.807) is 16.9 Å². The molecule has 4 aromatic rings. The molecule has 10 heteroatoms. The van der Waals surface area contributed by atoms with Gasteiger partial charge in [-0.2, -0.15) is 5.10 Å². The van der Waals surface area contributed by atoms with Gasteiger partial charge < -0.3 is 10.2 Å². The van der Waals surface area contributed by atoms with E-state index < -0.39 is 0 Å². The van der Waals surface area contributed by atoms with Crippen LogP contribution in [0.5, 0.6) is 0 Å². The van der Waals surface area contributed by atoms with Crippen molar-refractivity contribution >= 4 is 50.0 Å². The highest BCUT2D eigenvalue weighted by atomic mass is 35.5. The molecule has 0 bridgehead atoms. The summed E-state index contributed by atoms with van der Waals surface area (Å²) in [5.74, 6) is 1.33. The Morgan fingerprint density at radius 1 is 1.23 bits per heavy atom. The number of halogens is 1. The maximum Gasteiger partial charge on any atom is 0.231 e. The number of fused-ring (bicyclic) bond motifs is 1. The Bertz CT molecular complexity index is 1190. The van der Waals surface area contributed by atoms with Crippen LogP contribution in [-0.2, 0) is 4.79 Å². The van der Waals surface area contributed by atoms with Crippen LogP contribution in [0, 0.1) is 5.92 Å². The number of benzene rings is 1. The van der Waals surface area contributed by atoms with Crippen LogP contribution in [0.25, 0.3) is 16.0 Å². The molecule has 0 unspecified atom stereocenters. The molecule has 0 radical (unpaired) electrons. The first kappa shape index (κ1) is 19.0. The second-order valence-corrected chi connectivity index (χ2v) is 8.56. The molecule has 0 aliphatic carbocycles. The van der Waals surface area contributed by atoms with Crippen molar-refractivity contribution in [1.29, 1.82) is 0 Å². The van der Waals surface area contributed by atoms with E-state index in [4.69, 9.17) is 11.6 Å². The number of thiazole rings is 1. The third-order valence-corrected chi connectivity index (χ3v) is 6.24. The van der Waals surface area contributed by atoms with Crippen LogP contribution >= 0.6 is 22.9 Å². The largest absolute Gasteiger partial charge is 0.356 e. The average Bonchev–Trinajstić information content (AvgIpc) is 3.43. The van der Waals surface area contributed by atoms with Gasteiger partial charge in [0.25, 0.3) is 0 Å². The van der Waals surface area contributed by atoms with E-state index in [0.29, 0.717) is 22.5 Å². The number of aromatic nitrogens is 5. The van der Waals surface area contributed by atoms with E-state index in [1.165, 1.54) is 17.7 Å². The first-order valence-corrected chi connectivity index (χ1v) is 10.8. The summed E-state index contributed by atoms with van der Waals surface area (Å²) in [6.07, 6.45) is 6.82. The minimum absolute atomic E-state index is 0.0220. The minimum Gasteiger partial charge on any atom is -0.356 e. The van der Waals surface area contributed by atoms with Crippen molar-refractivity contribution in [3.63, 3.8) is 0 Å². The van der Waals surface area contributed by atoms with Gasteiger partial charge in [-0.3, -0.25) is 4.79 Å². The number of carbonyl (C=O) groups excluding carboxylic acids is 1. The quantitative estimate of drug-likeness (QED) is 0.520. The molecular weight excluding hydrogens is 422 g/mol. The number of piperidine rings is 1. The molecule has 30 heavy (non-hydrogen) atoms. The van der Waals surface area contributed by atoms with E-state index in [2.05, 4.69) is 30.3 Å². The molecule has 152 valence electrons. The Morgan fingerprint density at radius 3 is 3.00 bits per heavy atom. The number of amides is 1. The summed E-state index contributed by atoms with van der Waals surface area (Å²) in [5.41, 5.74) is 0.831. The Morgan fingerprint density at radius 2 is 2.13 bits per heavy atom. The van der Waals surface area contributed by atoms with Gasteiger partial charge in [0.1, 0.15) is 12.1 Å². The van der Waals surface area contributed by atoms with E-state index in [-0.39, 0.29) is 11.8 Å². The van der Waals surface area contributed by atoms with Crippen molar-refractivity contribution < 1.29 is 4.79 Å². The summed E-state index contributed by atoms with van der Waals surface area (Å²) >= 11 is 7.47. The summed E-state index contributed by atoms with van der Waals surface area (Å²) in [6.45, 7) is 1.44. The fraction of sp³-hybridized carbons (Fsp3) is 0.250. The molecule has 1 amide bonds. The van der Waals surface area contributed by atoms with Crippen molar-refractivity contribution in [3.05, 3.63) is 54.1 Å². The van der Waals surface area contributed by atoms with E-state index in [9.17, 15) is 4.79 Å². The van der Waals surface area contributed by atoms with Crippen LogP contribution in [0.1, 0.15) is 12.8 Å². The van der Waals surface area contributed by atoms with E-state index in [1.807, 2.05) is 30.5 Å². The monoisotopic (exact) mass is 439 g/mol. The van der Waals surface area contributed by atoms with Gasteiger partial charge in [0.15, 0.2) is 10.9 Å². The SMILES string of the molecule is O=C(Nc1nc2ccc(Cl)cc2s1)[C@H]1CCCN(c2cc(-n3cccn3)ncn2)C1. The van der Waals surface area contributed by atoms with Crippen molar-refractivity contribution in [2.75, 3.05) is 23.3 Å². The molecule has 1 aromatic carbocycles. The zero-order valence-electron chi connectivity index (χ0n) is 15.9. The van der Waals surface area contributed by atoms with Gasteiger partial charge in [-0.05, 0) is 37.1 Å². The molecule has 1 N–H and O–H groups in total. The molecule has 5 rings (SSSR count). The maximum absolute atomic E-state index is 12.9. The second kappa shape index (κ2) is 8.00. The van der Waals surface area contributed by atoms with Crippen LogP contribution in [-0.4, -0.2) is 43.7 Å². The van der Waals surface area contributed by atoms with Crippen LogP contribution in [0.15, 0.2) is 49.1 Å². The molecule has 1 aliphatic rings. The predicted octanol–water partition coefficient (Wildman–Crippen LogP) is 3.78. The van der Waals surface area contributed by atoms with Gasteiger partial charge in [0.05, 0.1) is 16.1 Å². The molecular formula is C20H18ClN7OS. The second-order valence-electron chi connectivity index (χ2n) is 7.09. The number of rotatable bonds is 4. The summed E-state index contributed by atoms with van der Waals surface area (Å²) in [6, 6.07) is 9.26. The molecule has 1 fully saturated rings. The van der Waals surface area contributed by atoms with Crippen LogP contribution < -0.4 is 10.2 Å². The third kappa shape index (κ3) is 3.86. The molecule has 1 aliphatic heterocycles. The van der Waals surface area contributed by atoms with Gasteiger partial charge in [0, 0.05) is 36.6 Å². The topological polar surface area (TPSA) is 88.8 Å². The fourth-order valence-electron chi connectivity index (χ4n) is 3.60. The zero-order chi connectivity index (χ0) is 20.5. The minimum atomic E-state index is -0.141. The Balaban J connectivity index is 1.30. The lowest BCUT2D eigenvalue weighted by atomic mass is 9.97. The number of nitrogens with one attached hydrogen (secondary N) is 1. The highest BCUT2D eigenvalue weighted by Crippen LogP contribution is 2.29. The highest BCUT2D eigenvalue weighted by Gasteiger charge is 2.27. The first-order chi connectivity index (χ1) is 14.7. The average molecular weight is 440 g/mol. The van der Waals surface area contributed by atoms with Crippen molar-refractivity contribution in [3.8, 4) is 5.82 Å². The van der Waals surface area contributed by atoms with Crippen molar-refractivity contribution in [1.82, 2.24) is 24.7 Å². The Hall–Kier alpha value is -3.04. The summed E-state index contributed by atoms with van der Waals surface area (Å²) in [7, 11) is 0. The molecule has 4 heterocycles. The molecule has 8 nitrogen and oxygen atoms in total. The maximum atomic E-state index is 12.9. The van der Waals surface area contributed by atoms with Crippen LogP contribution in [0.3, 0.4) is 0 Å². The number of hydrogen-bond acceptors (Lipinski definition) is 7. The van der Waals surface area contributed by atoms with Gasteiger partial charge in [-0.1, -0.05) is 22.9 Å². The zero-order valence-corrected chi connectivity index (χ0v) is 17.5. The smallest absolute Gasteiger partial charge is 0.231 e. The number of carbonyl (C=O) groups is 1. The van der Waals surface area contributed by atoms with E-state index >= 15 is 0 Å². The normalized spacial score (nSPS) is 16.7. The molecule has 3 aromatic heterocycles. The van der Waals surface area contributed by atoms with Crippen LogP contribution in [0.4, 0.5) is 10.9 Å². The lowest BCUT2D eigenvalue weighted by Gasteiger charge is -2.32. The molecule has 0 spiro atoms. The Kier molecular flexibility index (Phi) is 5.06. The summed E-state index contributed by atoms with van der Waals surface area (Å²) in [5, 5.41) is 8.45. The lowest BCUT2D eigenvalue weighted by Crippen LogP contribution is -2.41. The van der Waals surface area contributed by atoms with Gasteiger partial charge >= 0.3 is 0 Å². The summed E-state index contributed by atoms with van der Waals surface area (Å²) < 4.78 is 2.65. The highest BCUT2D eigenvalue weighted by molar-refractivity contribution is 7.22. The van der Waals surface area contributed by atoms with Gasteiger partial charge in [-0.15, -0.1) is 0 Å². The number of anilines is 2. The standard InChI is InChI=1S/C20H18ClN7OS/c21-14-4-5-15-16(9-14)30-20(25-15)26-19(29)13-3-1-7-27(11-13)17-10-18(23-12-22-17)28-8-2-6-24-28/h2,4-6,8-10,12-13H,1,3,7,11H2,(H,25,26,29)/t13-/m0/s1. The molecule has 0 saturated carbocycles. The lowest BCUT2D eigenvalue weighted by molar-refractivity contribution is -0.120. The van der Waals surface area contributed by atoms with Crippen molar-refractivity contribution in [2.24, 2.45) is 5.92 Å². The van der Waals surface area contributed by atoms with Crippen LogP contribution in [0.2, 0.25) is 5.02 Å². The summed E-state index contributed by atoms with van der Waals surface area (Å²) in [4.78, 5) is 28.2. The predicted molar refractivity (Wildman–Crippen MR) is 117 cm³/mol.